The molecule has 1 spiro atoms. The monoisotopic (exact) mass is 620 g/mol. The first-order chi connectivity index (χ1) is 20.9. The number of amides is 3. The molecule has 4 N–H and O–H groups in total. The van der Waals surface area contributed by atoms with Crippen molar-refractivity contribution in [1.82, 2.24) is 21.3 Å². The highest BCUT2D eigenvalue weighted by Crippen LogP contribution is 2.31. The number of halogens is 1. The summed E-state index contributed by atoms with van der Waals surface area (Å²) in [5, 5.41) is 17.0. The largest absolute Gasteiger partial charge is 0.492 e. The van der Waals surface area contributed by atoms with Gasteiger partial charge in [0, 0.05) is 30.1 Å². The Hall–Kier alpha value is -3.66. The topological polar surface area (TPSA) is 109 Å². The zero-order chi connectivity index (χ0) is 30.1. The van der Waals surface area contributed by atoms with Crippen LogP contribution < -0.4 is 26.0 Å². The lowest BCUT2D eigenvalue weighted by Crippen LogP contribution is -2.63. The van der Waals surface area contributed by atoms with Crippen LogP contribution in [0.2, 0.25) is 5.02 Å². The summed E-state index contributed by atoms with van der Waals surface area (Å²) in [6.07, 6.45) is 7.15. The molecule has 2 heterocycles. The number of thiophene rings is 1. The smallest absolute Gasteiger partial charge is 0.246 e. The molecular formula is C33H37ClN4O4S. The van der Waals surface area contributed by atoms with E-state index in [-0.39, 0.29) is 30.7 Å². The maximum absolute atomic E-state index is 14.0. The molecule has 0 unspecified atom stereocenters. The van der Waals surface area contributed by atoms with E-state index in [2.05, 4.69) is 21.3 Å². The third-order valence-corrected chi connectivity index (χ3v) is 8.91. The maximum Gasteiger partial charge on any atom is 0.246 e. The number of nitrogens with one attached hydrogen (secondary N) is 4. The van der Waals surface area contributed by atoms with E-state index in [1.165, 1.54) is 0 Å². The zero-order valence-corrected chi connectivity index (χ0v) is 25.5. The van der Waals surface area contributed by atoms with Crippen molar-refractivity contribution in [1.29, 1.82) is 0 Å². The average Bonchev–Trinajstić information content (AvgIpc) is 3.71. The van der Waals surface area contributed by atoms with Crippen molar-refractivity contribution in [2.45, 2.75) is 56.1 Å². The molecule has 5 rings (SSSR count). The Kier molecular flexibility index (Phi) is 10.5. The van der Waals surface area contributed by atoms with Crippen molar-refractivity contribution in [3.8, 4) is 5.75 Å². The van der Waals surface area contributed by atoms with E-state index in [0.29, 0.717) is 43.2 Å². The predicted molar refractivity (Wildman–Crippen MR) is 170 cm³/mol. The van der Waals surface area contributed by atoms with Gasteiger partial charge in [0.25, 0.3) is 0 Å². The number of benzene rings is 2. The van der Waals surface area contributed by atoms with Crippen LogP contribution in [-0.4, -0.2) is 55.0 Å². The van der Waals surface area contributed by atoms with Crippen LogP contribution in [0.1, 0.15) is 42.4 Å². The lowest BCUT2D eigenvalue weighted by molar-refractivity contribution is -0.136. The SMILES string of the molecule is O=C1NC2(CCCC2)C(=O)N[C@@H](Cc2ccc(Cl)cc2)C(=O)NC/C=C\c2ccccc2OCCN[C@H]1Cc1ccsc1. The van der Waals surface area contributed by atoms with E-state index in [1.807, 2.05) is 65.4 Å². The Morgan fingerprint density at radius 2 is 1.67 bits per heavy atom. The summed E-state index contributed by atoms with van der Waals surface area (Å²) in [5.74, 6) is -0.179. The van der Waals surface area contributed by atoms with Crippen molar-refractivity contribution in [2.24, 2.45) is 0 Å². The van der Waals surface area contributed by atoms with Crippen LogP contribution >= 0.6 is 22.9 Å². The fourth-order valence-electron chi connectivity index (χ4n) is 5.59. The molecule has 1 aromatic heterocycles. The quantitative estimate of drug-likeness (QED) is 0.348. The Bertz CT molecular complexity index is 1420. The van der Waals surface area contributed by atoms with E-state index < -0.39 is 17.6 Å². The van der Waals surface area contributed by atoms with Gasteiger partial charge in [-0.1, -0.05) is 66.9 Å². The Morgan fingerprint density at radius 3 is 2.44 bits per heavy atom. The molecule has 1 aliphatic carbocycles. The van der Waals surface area contributed by atoms with Crippen LogP contribution in [0, 0.1) is 0 Å². The van der Waals surface area contributed by atoms with Gasteiger partial charge in [-0.2, -0.15) is 11.3 Å². The molecule has 2 atom stereocenters. The average molecular weight is 621 g/mol. The lowest BCUT2D eigenvalue weighted by atomic mass is 9.93. The molecule has 3 amide bonds. The van der Waals surface area contributed by atoms with Crippen LogP contribution in [0.4, 0.5) is 0 Å². The highest BCUT2D eigenvalue weighted by Gasteiger charge is 2.44. The molecule has 1 aliphatic heterocycles. The number of carbonyl (C=O) groups is 3. The van der Waals surface area contributed by atoms with Gasteiger partial charge < -0.3 is 26.0 Å². The summed E-state index contributed by atoms with van der Waals surface area (Å²) in [6, 6.07) is 15.5. The Balaban J connectivity index is 1.43. The second kappa shape index (κ2) is 14.7. The third-order valence-electron chi connectivity index (χ3n) is 7.93. The number of hydrogen-bond acceptors (Lipinski definition) is 6. The molecule has 8 nitrogen and oxygen atoms in total. The standard InChI is InChI=1S/C33H37ClN4O4S/c34-26-11-9-23(10-12-26)20-28-30(39)36-16-5-7-25-6-1-2-8-29(25)42-18-17-35-27(21-24-13-19-43-22-24)31(40)38-33(32(41)37-28)14-3-4-15-33/h1-2,5-13,19,22,27-28,35H,3-4,14-18,20-21H2,(H,36,39)(H,37,41)(H,38,40)/b7-5-/t27-,28-/m0/s1. The molecule has 2 aromatic carbocycles. The number of rotatable bonds is 4. The van der Waals surface area contributed by atoms with Gasteiger partial charge in [-0.3, -0.25) is 14.4 Å². The van der Waals surface area contributed by atoms with Crippen LogP contribution in [-0.2, 0) is 27.2 Å². The molecule has 1 fully saturated rings. The molecule has 3 aromatic rings. The second-order valence-electron chi connectivity index (χ2n) is 11.0. The van der Waals surface area contributed by atoms with Gasteiger partial charge in [-0.05, 0) is 65.4 Å². The summed E-state index contributed by atoms with van der Waals surface area (Å²) >= 11 is 7.66. The number of para-hydroxylation sites is 1. The summed E-state index contributed by atoms with van der Waals surface area (Å²) in [5.41, 5.74) is 1.68. The zero-order valence-electron chi connectivity index (χ0n) is 23.9. The van der Waals surface area contributed by atoms with Gasteiger partial charge in [0.15, 0.2) is 0 Å². The number of hydrogen-bond donors (Lipinski definition) is 4. The Morgan fingerprint density at radius 1 is 0.907 bits per heavy atom. The summed E-state index contributed by atoms with van der Waals surface area (Å²) < 4.78 is 6.07. The van der Waals surface area contributed by atoms with E-state index in [0.717, 1.165) is 29.5 Å². The highest BCUT2D eigenvalue weighted by molar-refractivity contribution is 7.07. The van der Waals surface area contributed by atoms with Crippen molar-refractivity contribution >= 4 is 46.7 Å². The molecule has 0 saturated heterocycles. The van der Waals surface area contributed by atoms with Crippen molar-refractivity contribution < 1.29 is 19.1 Å². The van der Waals surface area contributed by atoms with Gasteiger partial charge in [0.1, 0.15) is 23.9 Å². The lowest BCUT2D eigenvalue weighted by Gasteiger charge is -2.33. The number of carbonyl (C=O) groups excluding carboxylic acids is 3. The van der Waals surface area contributed by atoms with Gasteiger partial charge in [0.05, 0.1) is 6.04 Å². The van der Waals surface area contributed by atoms with Crippen molar-refractivity contribution in [2.75, 3.05) is 19.7 Å². The molecule has 2 aliphatic rings. The van der Waals surface area contributed by atoms with Crippen molar-refractivity contribution in [3.05, 3.63) is 93.1 Å². The maximum atomic E-state index is 14.0. The van der Waals surface area contributed by atoms with Gasteiger partial charge in [-0.15, -0.1) is 0 Å². The fourth-order valence-corrected chi connectivity index (χ4v) is 6.39. The molecule has 1 saturated carbocycles. The molecule has 226 valence electrons. The summed E-state index contributed by atoms with van der Waals surface area (Å²) in [7, 11) is 0. The highest BCUT2D eigenvalue weighted by atomic mass is 35.5. The predicted octanol–water partition coefficient (Wildman–Crippen LogP) is 4.28. The minimum Gasteiger partial charge on any atom is -0.492 e. The first-order valence-electron chi connectivity index (χ1n) is 14.7. The van der Waals surface area contributed by atoms with Crippen molar-refractivity contribution in [3.63, 3.8) is 0 Å². The van der Waals surface area contributed by atoms with Gasteiger partial charge in [0.2, 0.25) is 17.7 Å². The van der Waals surface area contributed by atoms with Crippen LogP contribution in [0.25, 0.3) is 6.08 Å². The van der Waals surface area contributed by atoms with E-state index in [1.54, 1.807) is 23.5 Å². The molecule has 0 bridgehead atoms. The first-order valence-corrected chi connectivity index (χ1v) is 16.0. The Labute approximate surface area is 261 Å². The van der Waals surface area contributed by atoms with Crippen LogP contribution in [0.15, 0.2) is 71.4 Å². The number of ether oxygens (including phenoxy) is 1. The third kappa shape index (κ3) is 8.25. The molecule has 0 radical (unpaired) electrons. The first kappa shape index (κ1) is 30.8. The minimum absolute atomic E-state index is 0.244. The van der Waals surface area contributed by atoms with E-state index in [9.17, 15) is 14.4 Å². The van der Waals surface area contributed by atoms with E-state index in [4.69, 9.17) is 16.3 Å². The fraction of sp³-hybridized carbons (Fsp3) is 0.364. The minimum atomic E-state index is -1.09. The second-order valence-corrected chi connectivity index (χ2v) is 12.2. The van der Waals surface area contributed by atoms with E-state index >= 15 is 0 Å². The normalized spacial score (nSPS) is 22.3. The summed E-state index contributed by atoms with van der Waals surface area (Å²) in [6.45, 7) is 1.07. The van der Waals surface area contributed by atoms with Crippen LogP contribution in [0.3, 0.4) is 0 Å². The summed E-state index contributed by atoms with van der Waals surface area (Å²) in [4.78, 5) is 41.2. The number of fused-ring (bicyclic) bond motifs is 1. The van der Waals surface area contributed by atoms with Gasteiger partial charge in [-0.25, -0.2) is 0 Å². The van der Waals surface area contributed by atoms with Crippen LogP contribution in [0.5, 0.6) is 5.75 Å². The molecule has 10 heteroatoms. The van der Waals surface area contributed by atoms with Gasteiger partial charge >= 0.3 is 0 Å². The molecular weight excluding hydrogens is 584 g/mol. The molecule has 43 heavy (non-hydrogen) atoms.